The predicted molar refractivity (Wildman–Crippen MR) is 83.3 cm³/mol. The van der Waals surface area contributed by atoms with E-state index in [2.05, 4.69) is 21.2 Å². The van der Waals surface area contributed by atoms with Crippen LogP contribution in [-0.2, 0) is 0 Å². The fourth-order valence-electron chi connectivity index (χ4n) is 1.58. The summed E-state index contributed by atoms with van der Waals surface area (Å²) in [5.41, 5.74) is 1.21. The number of carbonyl (C=O) groups excluding carboxylic acids is 1. The predicted octanol–water partition coefficient (Wildman–Crippen LogP) is 4.88. The number of benzene rings is 2. The molecule has 3 nitrogen and oxygen atoms in total. The SMILES string of the molecule is N#Cc1cc(NC(=O)c2cc(Cl)cc(Br)c2)ccc1Cl. The molecule has 0 radical (unpaired) electrons. The highest BCUT2D eigenvalue weighted by Gasteiger charge is 2.09. The first-order valence-electron chi connectivity index (χ1n) is 5.46. The van der Waals surface area contributed by atoms with Crippen molar-refractivity contribution in [2.24, 2.45) is 0 Å². The number of nitrogens with zero attached hydrogens (tertiary/aromatic N) is 1. The topological polar surface area (TPSA) is 52.9 Å². The number of nitrogens with one attached hydrogen (secondary N) is 1. The van der Waals surface area contributed by atoms with Crippen LogP contribution >= 0.6 is 39.1 Å². The smallest absolute Gasteiger partial charge is 0.255 e. The van der Waals surface area contributed by atoms with Crippen molar-refractivity contribution in [1.82, 2.24) is 0 Å². The number of halogens is 3. The van der Waals surface area contributed by atoms with Gasteiger partial charge in [0.25, 0.3) is 5.91 Å². The van der Waals surface area contributed by atoms with Crippen molar-refractivity contribution in [1.29, 1.82) is 5.26 Å². The van der Waals surface area contributed by atoms with E-state index in [0.717, 1.165) is 0 Å². The average Bonchev–Trinajstić information content (AvgIpc) is 2.39. The fourth-order valence-corrected chi connectivity index (χ4v) is 2.60. The Balaban J connectivity index is 2.26. The van der Waals surface area contributed by atoms with Crippen LogP contribution in [0.2, 0.25) is 10.0 Å². The van der Waals surface area contributed by atoms with Crippen LogP contribution in [0, 0.1) is 11.3 Å². The molecule has 0 saturated heterocycles. The Morgan fingerprint density at radius 1 is 1.20 bits per heavy atom. The molecule has 100 valence electrons. The minimum Gasteiger partial charge on any atom is -0.322 e. The number of hydrogen-bond donors (Lipinski definition) is 1. The molecule has 2 rings (SSSR count). The number of hydrogen-bond acceptors (Lipinski definition) is 2. The zero-order chi connectivity index (χ0) is 14.7. The summed E-state index contributed by atoms with van der Waals surface area (Å²) in [5.74, 6) is -0.320. The molecule has 0 aromatic heterocycles. The Hall–Kier alpha value is -1.54. The Morgan fingerprint density at radius 3 is 2.60 bits per heavy atom. The van der Waals surface area contributed by atoms with Crippen molar-refractivity contribution in [3.63, 3.8) is 0 Å². The van der Waals surface area contributed by atoms with E-state index >= 15 is 0 Å². The largest absolute Gasteiger partial charge is 0.322 e. The Morgan fingerprint density at radius 2 is 1.95 bits per heavy atom. The lowest BCUT2D eigenvalue weighted by Gasteiger charge is -2.07. The molecule has 0 spiro atoms. The van der Waals surface area contributed by atoms with E-state index in [0.29, 0.717) is 31.3 Å². The Kier molecular flexibility index (Phi) is 4.66. The van der Waals surface area contributed by atoms with Crippen molar-refractivity contribution >= 4 is 50.7 Å². The summed E-state index contributed by atoms with van der Waals surface area (Å²) in [5, 5.41) is 12.4. The van der Waals surface area contributed by atoms with Crippen LogP contribution in [0.3, 0.4) is 0 Å². The van der Waals surface area contributed by atoms with E-state index in [9.17, 15) is 4.79 Å². The van der Waals surface area contributed by atoms with Gasteiger partial charge < -0.3 is 5.32 Å². The van der Waals surface area contributed by atoms with E-state index in [1.54, 1.807) is 30.3 Å². The molecule has 0 aliphatic carbocycles. The second-order valence-corrected chi connectivity index (χ2v) is 5.68. The standard InChI is InChI=1S/C14H7BrCl2N2O/c15-10-3-8(4-11(16)6-10)14(20)19-12-1-2-13(17)9(5-12)7-18/h1-6H,(H,19,20). The molecular weight excluding hydrogens is 363 g/mol. The highest BCUT2D eigenvalue weighted by molar-refractivity contribution is 9.10. The van der Waals surface area contributed by atoms with Gasteiger partial charge in [-0.1, -0.05) is 39.1 Å². The molecule has 2 aromatic carbocycles. The first-order chi connectivity index (χ1) is 9.49. The third-order valence-corrected chi connectivity index (χ3v) is 3.48. The molecule has 0 bridgehead atoms. The summed E-state index contributed by atoms with van der Waals surface area (Å²) in [4.78, 5) is 12.1. The lowest BCUT2D eigenvalue weighted by atomic mass is 10.2. The van der Waals surface area contributed by atoms with Crippen LogP contribution in [0.4, 0.5) is 5.69 Å². The monoisotopic (exact) mass is 368 g/mol. The maximum absolute atomic E-state index is 12.1. The summed E-state index contributed by atoms with van der Waals surface area (Å²) in [6.07, 6.45) is 0. The van der Waals surface area contributed by atoms with Gasteiger partial charge in [-0.2, -0.15) is 5.26 Å². The minimum absolute atomic E-state index is 0.303. The van der Waals surface area contributed by atoms with Gasteiger partial charge in [0.15, 0.2) is 0 Å². The number of amides is 1. The molecular formula is C14H7BrCl2N2O. The zero-order valence-electron chi connectivity index (χ0n) is 9.95. The van der Waals surface area contributed by atoms with Crippen LogP contribution in [0.25, 0.3) is 0 Å². The van der Waals surface area contributed by atoms with Crippen molar-refractivity contribution in [3.8, 4) is 6.07 Å². The molecule has 1 amide bonds. The van der Waals surface area contributed by atoms with E-state index in [1.807, 2.05) is 6.07 Å². The molecule has 0 aliphatic heterocycles. The summed E-state index contributed by atoms with van der Waals surface area (Å²) in [7, 11) is 0. The Labute approximate surface area is 134 Å². The van der Waals surface area contributed by atoms with Gasteiger partial charge in [-0.3, -0.25) is 4.79 Å². The average molecular weight is 370 g/mol. The summed E-state index contributed by atoms with van der Waals surface area (Å²) < 4.78 is 0.712. The second-order valence-electron chi connectivity index (χ2n) is 3.92. The third kappa shape index (κ3) is 3.51. The van der Waals surface area contributed by atoms with Gasteiger partial charge in [-0.05, 0) is 36.4 Å². The molecule has 0 atom stereocenters. The highest BCUT2D eigenvalue weighted by Crippen LogP contribution is 2.22. The minimum atomic E-state index is -0.320. The molecule has 0 aliphatic rings. The van der Waals surface area contributed by atoms with Crippen molar-refractivity contribution in [3.05, 3.63) is 62.0 Å². The fraction of sp³-hybridized carbons (Fsp3) is 0. The number of rotatable bonds is 2. The molecule has 1 N–H and O–H groups in total. The number of nitriles is 1. The quantitative estimate of drug-likeness (QED) is 0.820. The molecule has 20 heavy (non-hydrogen) atoms. The molecule has 6 heteroatoms. The van der Waals surface area contributed by atoms with Crippen LogP contribution in [0.15, 0.2) is 40.9 Å². The van der Waals surface area contributed by atoms with Crippen molar-refractivity contribution in [2.75, 3.05) is 5.32 Å². The summed E-state index contributed by atoms with van der Waals surface area (Å²) in [6.45, 7) is 0. The first-order valence-corrected chi connectivity index (χ1v) is 7.01. The number of carbonyl (C=O) groups is 1. The highest BCUT2D eigenvalue weighted by atomic mass is 79.9. The van der Waals surface area contributed by atoms with Gasteiger partial charge in [0.1, 0.15) is 6.07 Å². The summed E-state index contributed by atoms with van der Waals surface area (Å²) >= 11 is 15.0. The van der Waals surface area contributed by atoms with E-state index in [-0.39, 0.29) is 5.91 Å². The van der Waals surface area contributed by atoms with Gasteiger partial charge in [0.2, 0.25) is 0 Å². The van der Waals surface area contributed by atoms with Gasteiger partial charge in [-0.25, -0.2) is 0 Å². The van der Waals surface area contributed by atoms with Gasteiger partial charge in [0, 0.05) is 20.7 Å². The van der Waals surface area contributed by atoms with Crippen molar-refractivity contribution < 1.29 is 4.79 Å². The molecule has 0 heterocycles. The van der Waals surface area contributed by atoms with Gasteiger partial charge >= 0.3 is 0 Å². The lowest BCUT2D eigenvalue weighted by molar-refractivity contribution is 0.102. The molecule has 2 aromatic rings. The third-order valence-electron chi connectivity index (χ3n) is 2.47. The van der Waals surface area contributed by atoms with Gasteiger partial charge in [0.05, 0.1) is 10.6 Å². The molecule has 0 saturated carbocycles. The van der Waals surface area contributed by atoms with E-state index < -0.39 is 0 Å². The maximum atomic E-state index is 12.1. The van der Waals surface area contributed by atoms with Crippen LogP contribution in [-0.4, -0.2) is 5.91 Å². The number of anilines is 1. The van der Waals surface area contributed by atoms with Crippen LogP contribution in [0.5, 0.6) is 0 Å². The van der Waals surface area contributed by atoms with Gasteiger partial charge in [-0.15, -0.1) is 0 Å². The molecule has 0 unspecified atom stereocenters. The van der Waals surface area contributed by atoms with Crippen LogP contribution < -0.4 is 5.32 Å². The molecule has 0 fully saturated rings. The second kappa shape index (κ2) is 6.27. The Bertz CT molecular complexity index is 705. The zero-order valence-corrected chi connectivity index (χ0v) is 13.1. The van der Waals surface area contributed by atoms with Crippen molar-refractivity contribution in [2.45, 2.75) is 0 Å². The lowest BCUT2D eigenvalue weighted by Crippen LogP contribution is -2.12. The summed E-state index contributed by atoms with van der Waals surface area (Å²) in [6, 6.07) is 11.6. The van der Waals surface area contributed by atoms with E-state index in [4.69, 9.17) is 28.5 Å². The van der Waals surface area contributed by atoms with Crippen LogP contribution in [0.1, 0.15) is 15.9 Å². The van der Waals surface area contributed by atoms with E-state index in [1.165, 1.54) is 6.07 Å². The normalized spacial score (nSPS) is 9.90. The first kappa shape index (κ1) is 14.9. The maximum Gasteiger partial charge on any atom is 0.255 e.